The molecule has 5 rings (SSSR count). The molecular formula is C19H21N3O3. The number of nitrogens with one attached hydrogen (secondary N) is 1. The SMILES string of the molecule is O=C(C1COc2ccccc2O1)N1CCc2[nH]nc(C3CC3)c2CC1. The van der Waals surface area contributed by atoms with Gasteiger partial charge < -0.3 is 14.4 Å². The molecule has 1 amide bonds. The number of nitrogens with zero attached hydrogens (tertiary/aromatic N) is 2. The fraction of sp³-hybridized carbons (Fsp3) is 0.474. The van der Waals surface area contributed by atoms with E-state index in [1.807, 2.05) is 29.2 Å². The first-order chi connectivity index (χ1) is 12.3. The summed E-state index contributed by atoms with van der Waals surface area (Å²) in [5, 5.41) is 7.71. The summed E-state index contributed by atoms with van der Waals surface area (Å²) in [5.41, 5.74) is 3.77. The van der Waals surface area contributed by atoms with Gasteiger partial charge in [0.2, 0.25) is 6.10 Å². The lowest BCUT2D eigenvalue weighted by atomic mass is 10.1. The van der Waals surface area contributed by atoms with Gasteiger partial charge in [-0.15, -0.1) is 0 Å². The summed E-state index contributed by atoms with van der Waals surface area (Å²) in [7, 11) is 0. The number of H-pyrrole nitrogens is 1. The minimum atomic E-state index is -0.563. The highest BCUT2D eigenvalue weighted by molar-refractivity contribution is 5.82. The van der Waals surface area contributed by atoms with Crippen molar-refractivity contribution < 1.29 is 14.3 Å². The van der Waals surface area contributed by atoms with Crippen molar-refractivity contribution in [3.63, 3.8) is 0 Å². The van der Waals surface area contributed by atoms with E-state index in [4.69, 9.17) is 9.47 Å². The number of hydrogen-bond donors (Lipinski definition) is 1. The van der Waals surface area contributed by atoms with Gasteiger partial charge in [-0.25, -0.2) is 0 Å². The van der Waals surface area contributed by atoms with Crippen molar-refractivity contribution in [2.24, 2.45) is 0 Å². The fourth-order valence-electron chi connectivity index (χ4n) is 3.77. The second-order valence-electron chi connectivity index (χ2n) is 7.03. The van der Waals surface area contributed by atoms with Crippen LogP contribution < -0.4 is 9.47 Å². The van der Waals surface area contributed by atoms with Crippen molar-refractivity contribution in [1.82, 2.24) is 15.1 Å². The summed E-state index contributed by atoms with van der Waals surface area (Å²) in [5.74, 6) is 2.00. The van der Waals surface area contributed by atoms with Crippen LogP contribution >= 0.6 is 0 Å². The molecule has 1 unspecified atom stereocenters. The molecule has 25 heavy (non-hydrogen) atoms. The summed E-state index contributed by atoms with van der Waals surface area (Å²) in [6, 6.07) is 7.49. The van der Waals surface area contributed by atoms with Crippen LogP contribution in [-0.2, 0) is 17.6 Å². The molecule has 0 bridgehead atoms. The Labute approximate surface area is 146 Å². The van der Waals surface area contributed by atoms with Crippen molar-refractivity contribution in [2.45, 2.75) is 37.7 Å². The lowest BCUT2D eigenvalue weighted by Crippen LogP contribution is -2.47. The number of ether oxygens (including phenoxy) is 2. The van der Waals surface area contributed by atoms with E-state index >= 15 is 0 Å². The van der Waals surface area contributed by atoms with Crippen LogP contribution in [0, 0.1) is 0 Å². The van der Waals surface area contributed by atoms with Gasteiger partial charge >= 0.3 is 0 Å². The number of aromatic amines is 1. The highest BCUT2D eigenvalue weighted by Gasteiger charge is 2.34. The molecule has 1 fully saturated rings. The quantitative estimate of drug-likeness (QED) is 0.909. The topological polar surface area (TPSA) is 67.5 Å². The molecule has 1 aromatic carbocycles. The summed E-state index contributed by atoms with van der Waals surface area (Å²) in [4.78, 5) is 14.8. The number of fused-ring (bicyclic) bond motifs is 2. The molecule has 1 N–H and O–H groups in total. The molecular weight excluding hydrogens is 318 g/mol. The van der Waals surface area contributed by atoms with Crippen LogP contribution in [0.5, 0.6) is 11.5 Å². The zero-order chi connectivity index (χ0) is 16.8. The molecule has 0 spiro atoms. The zero-order valence-corrected chi connectivity index (χ0v) is 14.0. The second kappa shape index (κ2) is 5.79. The Kier molecular flexibility index (Phi) is 3.43. The monoisotopic (exact) mass is 339 g/mol. The van der Waals surface area contributed by atoms with E-state index in [1.165, 1.54) is 29.8 Å². The molecule has 2 aliphatic heterocycles. The van der Waals surface area contributed by atoms with E-state index < -0.39 is 6.10 Å². The molecule has 2 aromatic rings. The van der Waals surface area contributed by atoms with E-state index in [2.05, 4.69) is 10.2 Å². The highest BCUT2D eigenvalue weighted by atomic mass is 16.6. The molecule has 1 atom stereocenters. The number of hydrogen-bond acceptors (Lipinski definition) is 4. The van der Waals surface area contributed by atoms with Crippen molar-refractivity contribution in [2.75, 3.05) is 19.7 Å². The third-order valence-electron chi connectivity index (χ3n) is 5.31. The molecule has 3 heterocycles. The average Bonchev–Trinajstić information content (AvgIpc) is 3.45. The molecule has 0 saturated heterocycles. The summed E-state index contributed by atoms with van der Waals surface area (Å²) in [6.45, 7) is 1.68. The van der Waals surface area contributed by atoms with Gasteiger partial charge in [-0.05, 0) is 37.0 Å². The molecule has 1 aliphatic carbocycles. The molecule has 130 valence electrons. The Hall–Kier alpha value is -2.50. The van der Waals surface area contributed by atoms with E-state index in [0.29, 0.717) is 30.5 Å². The first kappa shape index (κ1) is 14.8. The van der Waals surface area contributed by atoms with Crippen LogP contribution in [0.3, 0.4) is 0 Å². The molecule has 0 radical (unpaired) electrons. The predicted octanol–water partition coefficient (Wildman–Crippen LogP) is 2.05. The van der Waals surface area contributed by atoms with Crippen LogP contribution in [0.4, 0.5) is 0 Å². The van der Waals surface area contributed by atoms with Crippen LogP contribution in [0.25, 0.3) is 0 Å². The van der Waals surface area contributed by atoms with Crippen molar-refractivity contribution in [1.29, 1.82) is 0 Å². The van der Waals surface area contributed by atoms with Gasteiger partial charge in [-0.3, -0.25) is 9.89 Å². The lowest BCUT2D eigenvalue weighted by Gasteiger charge is -2.30. The number of para-hydroxylation sites is 2. The predicted molar refractivity (Wildman–Crippen MR) is 90.9 cm³/mol. The van der Waals surface area contributed by atoms with Crippen molar-refractivity contribution in [3.05, 3.63) is 41.2 Å². The highest BCUT2D eigenvalue weighted by Crippen LogP contribution is 2.41. The molecule has 6 heteroatoms. The van der Waals surface area contributed by atoms with Crippen molar-refractivity contribution in [3.8, 4) is 11.5 Å². The first-order valence-electron chi connectivity index (χ1n) is 9.03. The van der Waals surface area contributed by atoms with Gasteiger partial charge in [0.1, 0.15) is 6.61 Å². The van der Waals surface area contributed by atoms with Gasteiger partial charge in [0.15, 0.2) is 11.5 Å². The third kappa shape index (κ3) is 2.65. The van der Waals surface area contributed by atoms with Crippen molar-refractivity contribution >= 4 is 5.91 Å². The largest absolute Gasteiger partial charge is 0.485 e. The van der Waals surface area contributed by atoms with Gasteiger partial charge in [0.05, 0.1) is 5.69 Å². The molecule has 1 saturated carbocycles. The smallest absolute Gasteiger partial charge is 0.267 e. The van der Waals surface area contributed by atoms with Gasteiger partial charge in [-0.2, -0.15) is 5.10 Å². The zero-order valence-electron chi connectivity index (χ0n) is 14.0. The van der Waals surface area contributed by atoms with E-state index in [1.54, 1.807) is 0 Å². The Morgan fingerprint density at radius 1 is 1.16 bits per heavy atom. The Balaban J connectivity index is 1.29. The minimum Gasteiger partial charge on any atom is -0.485 e. The number of amides is 1. The normalized spacial score (nSPS) is 22.2. The summed E-state index contributed by atoms with van der Waals surface area (Å²) in [6.07, 6.45) is 3.62. The molecule has 1 aromatic heterocycles. The Morgan fingerprint density at radius 2 is 1.96 bits per heavy atom. The van der Waals surface area contributed by atoms with Crippen LogP contribution in [0.15, 0.2) is 24.3 Å². The summed E-state index contributed by atoms with van der Waals surface area (Å²) >= 11 is 0. The molecule has 6 nitrogen and oxygen atoms in total. The maximum Gasteiger partial charge on any atom is 0.267 e. The number of aromatic nitrogens is 2. The average molecular weight is 339 g/mol. The fourth-order valence-corrected chi connectivity index (χ4v) is 3.77. The van der Waals surface area contributed by atoms with E-state index in [9.17, 15) is 4.79 Å². The first-order valence-corrected chi connectivity index (χ1v) is 9.03. The number of benzene rings is 1. The van der Waals surface area contributed by atoms with Gasteiger partial charge in [0, 0.05) is 31.1 Å². The van der Waals surface area contributed by atoms with Crippen LogP contribution in [0.2, 0.25) is 0 Å². The number of rotatable bonds is 2. The Morgan fingerprint density at radius 3 is 2.80 bits per heavy atom. The van der Waals surface area contributed by atoms with Crippen LogP contribution in [-0.4, -0.2) is 46.8 Å². The third-order valence-corrected chi connectivity index (χ3v) is 5.31. The maximum atomic E-state index is 12.9. The van der Waals surface area contributed by atoms with Crippen LogP contribution in [0.1, 0.15) is 35.7 Å². The maximum absolute atomic E-state index is 12.9. The lowest BCUT2D eigenvalue weighted by molar-refractivity contribution is -0.141. The van der Waals surface area contributed by atoms with Gasteiger partial charge in [0.25, 0.3) is 5.91 Å². The Bertz CT molecular complexity index is 812. The van der Waals surface area contributed by atoms with E-state index in [-0.39, 0.29) is 12.5 Å². The number of carbonyl (C=O) groups excluding carboxylic acids is 1. The summed E-state index contributed by atoms with van der Waals surface area (Å²) < 4.78 is 11.6. The standard InChI is InChI=1S/C19H21N3O3/c23-19(17-11-24-15-3-1-2-4-16(15)25-17)22-9-7-13-14(8-10-22)20-21-18(13)12-5-6-12/h1-4,12,17H,5-11H2,(H,20,21). The van der Waals surface area contributed by atoms with Gasteiger partial charge in [-0.1, -0.05) is 12.1 Å². The number of carbonyl (C=O) groups is 1. The second-order valence-corrected chi connectivity index (χ2v) is 7.03. The molecule has 3 aliphatic rings. The minimum absolute atomic E-state index is 0.0144. The van der Waals surface area contributed by atoms with E-state index in [0.717, 1.165) is 12.8 Å².